The van der Waals surface area contributed by atoms with Gasteiger partial charge in [-0.25, -0.2) is 0 Å². The number of benzene rings is 1. The van der Waals surface area contributed by atoms with E-state index in [4.69, 9.17) is 0 Å². The number of nitrogens with zero attached hydrogens (tertiary/aromatic N) is 2. The summed E-state index contributed by atoms with van der Waals surface area (Å²) in [5.41, 5.74) is 1.50. The number of carbonyl (C=O) groups is 2. The molecule has 0 spiro atoms. The van der Waals surface area contributed by atoms with E-state index in [2.05, 4.69) is 44.0 Å². The summed E-state index contributed by atoms with van der Waals surface area (Å²) in [6.45, 7) is 13.1. The molecular formula is C27H39N3O2S. The summed E-state index contributed by atoms with van der Waals surface area (Å²) in [4.78, 5) is 32.6. The molecule has 0 bridgehead atoms. The molecule has 3 rings (SSSR count). The Morgan fingerprint density at radius 3 is 2.45 bits per heavy atom. The second-order valence-electron chi connectivity index (χ2n) is 9.36. The molecule has 2 amide bonds. The van der Waals surface area contributed by atoms with Crippen LogP contribution in [0.2, 0.25) is 0 Å². The number of nitrogens with one attached hydrogen (secondary N) is 1. The van der Waals surface area contributed by atoms with E-state index in [9.17, 15) is 9.59 Å². The lowest BCUT2D eigenvalue weighted by Gasteiger charge is -2.42. The van der Waals surface area contributed by atoms with E-state index in [0.717, 1.165) is 49.3 Å². The number of hydrogen-bond acceptors (Lipinski definition) is 4. The van der Waals surface area contributed by atoms with E-state index < -0.39 is 5.92 Å². The first-order valence-corrected chi connectivity index (χ1v) is 13.3. The van der Waals surface area contributed by atoms with Gasteiger partial charge in [0.2, 0.25) is 5.91 Å². The third-order valence-corrected chi connectivity index (χ3v) is 7.09. The maximum absolute atomic E-state index is 13.6. The smallest absolute Gasteiger partial charge is 0.254 e. The minimum atomic E-state index is -0.404. The molecule has 5 nitrogen and oxygen atoms in total. The van der Waals surface area contributed by atoms with Crippen molar-refractivity contribution in [2.24, 2.45) is 5.92 Å². The van der Waals surface area contributed by atoms with Crippen LogP contribution >= 0.6 is 11.3 Å². The lowest BCUT2D eigenvalue weighted by molar-refractivity contribution is -0.124. The van der Waals surface area contributed by atoms with Crippen LogP contribution in [-0.4, -0.2) is 54.3 Å². The van der Waals surface area contributed by atoms with Gasteiger partial charge < -0.3 is 15.1 Å². The van der Waals surface area contributed by atoms with Crippen molar-refractivity contribution in [1.82, 2.24) is 15.1 Å². The van der Waals surface area contributed by atoms with Gasteiger partial charge in [0, 0.05) is 23.5 Å². The molecule has 0 fully saturated rings. The highest BCUT2D eigenvalue weighted by atomic mass is 32.1. The number of hydrogen-bond donors (Lipinski definition) is 1. The quantitative estimate of drug-likeness (QED) is 0.429. The van der Waals surface area contributed by atoms with Gasteiger partial charge in [-0.05, 0) is 67.9 Å². The molecule has 1 aromatic carbocycles. The zero-order chi connectivity index (χ0) is 23.8. The maximum atomic E-state index is 13.6. The van der Waals surface area contributed by atoms with Crippen LogP contribution in [0.25, 0.3) is 0 Å². The van der Waals surface area contributed by atoms with Crippen molar-refractivity contribution in [2.45, 2.75) is 58.9 Å². The fourth-order valence-corrected chi connectivity index (χ4v) is 5.71. The molecule has 0 saturated heterocycles. The summed E-state index contributed by atoms with van der Waals surface area (Å²) in [7, 11) is 0. The van der Waals surface area contributed by atoms with Crippen LogP contribution in [0, 0.1) is 5.92 Å². The highest BCUT2D eigenvalue weighted by Gasteiger charge is 2.44. The average Bonchev–Trinajstić information content (AvgIpc) is 3.32. The van der Waals surface area contributed by atoms with Crippen LogP contribution < -0.4 is 5.32 Å². The Labute approximate surface area is 203 Å². The van der Waals surface area contributed by atoms with Crippen LogP contribution in [0.4, 0.5) is 0 Å². The molecule has 0 unspecified atom stereocenters. The van der Waals surface area contributed by atoms with Gasteiger partial charge in [0.05, 0.1) is 12.0 Å². The molecule has 0 radical (unpaired) electrons. The third-order valence-electron chi connectivity index (χ3n) is 6.15. The van der Waals surface area contributed by atoms with Crippen molar-refractivity contribution >= 4 is 23.2 Å². The van der Waals surface area contributed by atoms with Gasteiger partial charge in [-0.15, -0.1) is 11.3 Å². The van der Waals surface area contributed by atoms with E-state index in [-0.39, 0.29) is 17.9 Å². The van der Waals surface area contributed by atoms with Gasteiger partial charge in [0.1, 0.15) is 0 Å². The Morgan fingerprint density at radius 2 is 1.82 bits per heavy atom. The van der Waals surface area contributed by atoms with Gasteiger partial charge in [0.15, 0.2) is 0 Å². The predicted molar refractivity (Wildman–Crippen MR) is 137 cm³/mol. The van der Waals surface area contributed by atoms with Crippen molar-refractivity contribution in [3.05, 3.63) is 57.8 Å². The molecule has 1 aliphatic rings. The number of fused-ring (bicyclic) bond motifs is 1. The Balaban J connectivity index is 1.83. The summed E-state index contributed by atoms with van der Waals surface area (Å²) >= 11 is 1.62. The van der Waals surface area contributed by atoms with Crippen LogP contribution in [0.3, 0.4) is 0 Å². The molecule has 0 aliphatic carbocycles. The molecule has 2 heterocycles. The standard InChI is InChI=1S/C27H39N3O2S/c1-5-15-29(16-6-2)17-10-14-28-26(31)24-21-11-7-8-12-22(21)27(32)30(19-20(3)4)25(24)23-13-9-18-33-23/h7-9,11-13,18,20,24-25H,5-6,10,14-17,19H2,1-4H3,(H,28,31)/t24-,25-/m1/s1. The first-order chi connectivity index (χ1) is 16.0. The molecule has 6 heteroatoms. The number of amides is 2. The van der Waals surface area contributed by atoms with Crippen molar-refractivity contribution in [3.63, 3.8) is 0 Å². The molecule has 180 valence electrons. The van der Waals surface area contributed by atoms with Gasteiger partial charge >= 0.3 is 0 Å². The van der Waals surface area contributed by atoms with Crippen LogP contribution in [0.1, 0.15) is 79.7 Å². The van der Waals surface area contributed by atoms with Crippen molar-refractivity contribution in [2.75, 3.05) is 32.7 Å². The molecule has 1 aliphatic heterocycles. The van der Waals surface area contributed by atoms with E-state index >= 15 is 0 Å². The number of rotatable bonds is 12. The second-order valence-corrected chi connectivity index (χ2v) is 10.3. The Bertz CT molecular complexity index is 891. The third kappa shape index (κ3) is 6.24. The van der Waals surface area contributed by atoms with Crippen molar-refractivity contribution in [1.29, 1.82) is 0 Å². The zero-order valence-corrected chi connectivity index (χ0v) is 21.4. The second kappa shape index (κ2) is 12.3. The topological polar surface area (TPSA) is 52.7 Å². The summed E-state index contributed by atoms with van der Waals surface area (Å²) in [6.07, 6.45) is 3.22. The number of thiophene rings is 1. The molecule has 33 heavy (non-hydrogen) atoms. The van der Waals surface area contributed by atoms with E-state index in [0.29, 0.717) is 24.6 Å². The lowest BCUT2D eigenvalue weighted by atomic mass is 9.81. The minimum Gasteiger partial charge on any atom is -0.355 e. The molecule has 2 aromatic rings. The van der Waals surface area contributed by atoms with Gasteiger partial charge in [-0.1, -0.05) is 52.0 Å². The minimum absolute atomic E-state index is 0.0136. The summed E-state index contributed by atoms with van der Waals surface area (Å²) < 4.78 is 0. The Kier molecular flexibility index (Phi) is 9.51. The van der Waals surface area contributed by atoms with Gasteiger partial charge in [-0.2, -0.15) is 0 Å². The van der Waals surface area contributed by atoms with Crippen molar-refractivity contribution in [3.8, 4) is 0 Å². The lowest BCUT2D eigenvalue weighted by Crippen LogP contribution is -2.48. The van der Waals surface area contributed by atoms with E-state index in [1.807, 2.05) is 40.6 Å². The van der Waals surface area contributed by atoms with E-state index in [1.165, 1.54) is 0 Å². The zero-order valence-electron chi connectivity index (χ0n) is 20.5. The maximum Gasteiger partial charge on any atom is 0.254 e. The highest BCUT2D eigenvalue weighted by Crippen LogP contribution is 2.44. The normalized spacial score (nSPS) is 18.1. The van der Waals surface area contributed by atoms with Gasteiger partial charge in [0.25, 0.3) is 5.91 Å². The monoisotopic (exact) mass is 469 g/mol. The first-order valence-electron chi connectivity index (χ1n) is 12.4. The molecule has 2 atom stereocenters. The molecular weight excluding hydrogens is 430 g/mol. The summed E-state index contributed by atoms with van der Waals surface area (Å²) in [5.74, 6) is -0.0525. The predicted octanol–water partition coefficient (Wildman–Crippen LogP) is 5.31. The summed E-state index contributed by atoms with van der Waals surface area (Å²) in [5, 5.41) is 5.24. The fraction of sp³-hybridized carbons (Fsp3) is 0.556. The van der Waals surface area contributed by atoms with Crippen LogP contribution in [0.15, 0.2) is 41.8 Å². The average molecular weight is 470 g/mol. The first kappa shape index (κ1) is 25.4. The largest absolute Gasteiger partial charge is 0.355 e. The number of carbonyl (C=O) groups excluding carboxylic acids is 2. The Morgan fingerprint density at radius 1 is 1.09 bits per heavy atom. The van der Waals surface area contributed by atoms with Gasteiger partial charge in [-0.3, -0.25) is 9.59 Å². The van der Waals surface area contributed by atoms with Crippen LogP contribution in [0.5, 0.6) is 0 Å². The fourth-order valence-electron chi connectivity index (χ4n) is 4.84. The van der Waals surface area contributed by atoms with E-state index in [1.54, 1.807) is 11.3 Å². The Hall–Kier alpha value is -2.18. The molecule has 0 saturated carbocycles. The van der Waals surface area contributed by atoms with Crippen LogP contribution in [-0.2, 0) is 4.79 Å². The van der Waals surface area contributed by atoms with Crippen molar-refractivity contribution < 1.29 is 9.59 Å². The molecule has 1 aromatic heterocycles. The SMILES string of the molecule is CCCN(CCC)CCCNC(=O)[C@@H]1c2ccccc2C(=O)N(CC(C)C)[C@@H]1c1cccs1. The highest BCUT2D eigenvalue weighted by molar-refractivity contribution is 7.10. The molecule has 1 N–H and O–H groups in total. The summed E-state index contributed by atoms with van der Waals surface area (Å²) in [6, 6.07) is 11.4.